The van der Waals surface area contributed by atoms with Crippen molar-refractivity contribution in [2.75, 3.05) is 0 Å². The molecule has 0 amide bonds. The molecule has 2 fully saturated rings. The molecule has 7 nitrogen and oxygen atoms in total. The number of thiazole rings is 1. The van der Waals surface area contributed by atoms with Gasteiger partial charge in [-0.15, -0.1) is 11.3 Å². The Balaban J connectivity index is 1.81. The Morgan fingerprint density at radius 2 is 1.91 bits per heavy atom. The zero-order valence-corrected chi connectivity index (χ0v) is 21.9. The summed E-state index contributed by atoms with van der Waals surface area (Å²) in [7, 11) is 0. The molecule has 0 radical (unpaired) electrons. The standard InChI is InChI=1S/C26H39NO6S/c1-14-8-7-9-19-21(32-19)11-20(15(2)10-18-13-34-17(4)27-18)33-23(29)12-22(28)26(5,6)25(31)16(3)24(14)30/h10,13-14,16,19-22,24,28,30H,7-9,11-12H2,1-6H3/b15-10+/t14-,16+,19?,20-,21?,22-,24-/m0/s1. The SMILES string of the molecule is C/C(=C\c1csc(C)n1)[C@@H]1CC2OC2CCC[C@H](C)[C@H](O)[C@@H](C)C(=O)C(C)(C)[C@@H](O)CC(=O)O1. The number of fused-ring (bicyclic) bond motifs is 1. The molecule has 7 atom stereocenters. The number of aliphatic hydroxyl groups is 2. The molecule has 34 heavy (non-hydrogen) atoms. The highest BCUT2D eigenvalue weighted by Gasteiger charge is 2.44. The van der Waals surface area contributed by atoms with E-state index in [2.05, 4.69) is 4.98 Å². The van der Waals surface area contributed by atoms with Gasteiger partial charge in [0.15, 0.2) is 0 Å². The van der Waals surface area contributed by atoms with Crippen LogP contribution in [0.3, 0.4) is 0 Å². The molecular formula is C26H39NO6S. The summed E-state index contributed by atoms with van der Waals surface area (Å²) in [6.45, 7) is 10.8. The van der Waals surface area contributed by atoms with Crippen molar-refractivity contribution in [3.63, 3.8) is 0 Å². The predicted molar refractivity (Wildman–Crippen MR) is 131 cm³/mol. The van der Waals surface area contributed by atoms with Gasteiger partial charge in [0.05, 0.1) is 47.0 Å². The molecule has 190 valence electrons. The Morgan fingerprint density at radius 3 is 2.56 bits per heavy atom. The number of aromatic nitrogens is 1. The van der Waals surface area contributed by atoms with Gasteiger partial charge < -0.3 is 19.7 Å². The minimum Gasteiger partial charge on any atom is -0.458 e. The Bertz CT molecular complexity index is 909. The third-order valence-corrected chi connectivity index (χ3v) is 8.20. The van der Waals surface area contributed by atoms with Crippen LogP contribution in [-0.4, -0.2) is 57.5 Å². The van der Waals surface area contributed by atoms with E-state index in [0.717, 1.165) is 35.5 Å². The number of ketones is 1. The van der Waals surface area contributed by atoms with Crippen LogP contribution < -0.4 is 0 Å². The number of nitrogens with zero attached hydrogens (tertiary/aromatic N) is 1. The summed E-state index contributed by atoms with van der Waals surface area (Å²) in [5.41, 5.74) is 0.494. The lowest BCUT2D eigenvalue weighted by Crippen LogP contribution is -2.45. The topological polar surface area (TPSA) is 109 Å². The van der Waals surface area contributed by atoms with Crippen molar-refractivity contribution in [2.24, 2.45) is 17.3 Å². The van der Waals surface area contributed by atoms with Crippen LogP contribution in [0.15, 0.2) is 11.0 Å². The minimum absolute atomic E-state index is 0.00770. The lowest BCUT2D eigenvalue weighted by molar-refractivity contribution is -0.154. The number of ether oxygens (including phenoxy) is 2. The second-order valence-electron chi connectivity index (χ2n) is 10.6. The van der Waals surface area contributed by atoms with Crippen molar-refractivity contribution < 1.29 is 29.3 Å². The van der Waals surface area contributed by atoms with Gasteiger partial charge in [0.1, 0.15) is 11.9 Å². The van der Waals surface area contributed by atoms with Crippen molar-refractivity contribution in [1.82, 2.24) is 4.98 Å². The van der Waals surface area contributed by atoms with Crippen molar-refractivity contribution >= 4 is 29.2 Å². The second-order valence-corrected chi connectivity index (χ2v) is 11.7. The van der Waals surface area contributed by atoms with Gasteiger partial charge >= 0.3 is 5.97 Å². The van der Waals surface area contributed by atoms with Crippen molar-refractivity contribution in [3.8, 4) is 0 Å². The molecule has 0 spiro atoms. The first-order valence-corrected chi connectivity index (χ1v) is 13.1. The average Bonchev–Trinajstić information content (AvgIpc) is 3.38. The van der Waals surface area contributed by atoms with Crippen LogP contribution in [0.1, 0.15) is 77.4 Å². The van der Waals surface area contributed by atoms with Gasteiger partial charge in [-0.2, -0.15) is 0 Å². The number of carbonyl (C=O) groups excluding carboxylic acids is 2. The molecule has 2 saturated heterocycles. The Morgan fingerprint density at radius 1 is 1.21 bits per heavy atom. The number of epoxide rings is 1. The van der Waals surface area contributed by atoms with E-state index in [1.54, 1.807) is 32.1 Å². The molecule has 1 aromatic heterocycles. The number of Topliss-reactive ketones (excluding diaryl/α,β-unsaturated/α-hetero) is 1. The van der Waals surface area contributed by atoms with Crippen LogP contribution in [0, 0.1) is 24.2 Å². The summed E-state index contributed by atoms with van der Waals surface area (Å²) < 4.78 is 11.7. The third kappa shape index (κ3) is 6.53. The molecule has 2 aliphatic rings. The fourth-order valence-corrected chi connectivity index (χ4v) is 5.35. The van der Waals surface area contributed by atoms with Crippen molar-refractivity contribution in [1.29, 1.82) is 0 Å². The summed E-state index contributed by atoms with van der Waals surface area (Å²) in [5.74, 6) is -1.52. The molecule has 0 aliphatic carbocycles. The van der Waals surface area contributed by atoms with E-state index in [0.29, 0.717) is 6.42 Å². The normalized spacial score (nSPS) is 36.0. The molecular weight excluding hydrogens is 454 g/mol. The maximum Gasteiger partial charge on any atom is 0.309 e. The molecule has 2 N–H and O–H groups in total. The summed E-state index contributed by atoms with van der Waals surface area (Å²) in [6, 6.07) is 0. The molecule has 8 heteroatoms. The summed E-state index contributed by atoms with van der Waals surface area (Å²) >= 11 is 1.56. The zero-order valence-electron chi connectivity index (χ0n) is 21.1. The third-order valence-electron chi connectivity index (χ3n) is 7.41. The summed E-state index contributed by atoms with van der Waals surface area (Å²) in [4.78, 5) is 30.5. The van der Waals surface area contributed by atoms with E-state index in [9.17, 15) is 19.8 Å². The summed E-state index contributed by atoms with van der Waals surface area (Å²) in [5, 5.41) is 24.5. The van der Waals surface area contributed by atoms with Gasteiger partial charge in [0.2, 0.25) is 0 Å². The molecule has 0 saturated carbocycles. The van der Waals surface area contributed by atoms with Gasteiger partial charge in [0, 0.05) is 17.7 Å². The highest BCUT2D eigenvalue weighted by molar-refractivity contribution is 7.09. The number of rotatable bonds is 2. The highest BCUT2D eigenvalue weighted by Crippen LogP contribution is 2.36. The molecule has 0 aromatic carbocycles. The predicted octanol–water partition coefficient (Wildman–Crippen LogP) is 4.09. The van der Waals surface area contributed by atoms with Gasteiger partial charge in [-0.1, -0.05) is 34.1 Å². The van der Waals surface area contributed by atoms with Gasteiger partial charge in [-0.25, -0.2) is 4.98 Å². The molecule has 1 aromatic rings. The number of esters is 1. The number of carbonyl (C=O) groups is 2. The van der Waals surface area contributed by atoms with Gasteiger partial charge in [-0.05, 0) is 44.3 Å². The first-order valence-electron chi connectivity index (χ1n) is 12.3. The van der Waals surface area contributed by atoms with Crippen LogP contribution in [0.25, 0.3) is 6.08 Å². The fourth-order valence-electron chi connectivity index (χ4n) is 4.78. The number of aryl methyl sites for hydroxylation is 1. The van der Waals surface area contributed by atoms with E-state index in [1.807, 2.05) is 32.2 Å². The van der Waals surface area contributed by atoms with Crippen molar-refractivity contribution in [2.45, 2.75) is 104 Å². The first kappa shape index (κ1) is 27.0. The van der Waals surface area contributed by atoms with Crippen LogP contribution in [0.4, 0.5) is 0 Å². The quantitative estimate of drug-likeness (QED) is 0.472. The van der Waals surface area contributed by atoms with E-state index in [4.69, 9.17) is 9.47 Å². The molecule has 3 heterocycles. The van der Waals surface area contributed by atoms with Gasteiger partial charge in [0.25, 0.3) is 0 Å². The Labute approximate surface area is 206 Å². The van der Waals surface area contributed by atoms with E-state index >= 15 is 0 Å². The van der Waals surface area contributed by atoms with Crippen LogP contribution in [0.5, 0.6) is 0 Å². The second kappa shape index (κ2) is 11.0. The molecule has 0 bridgehead atoms. The van der Waals surface area contributed by atoms with E-state index in [1.165, 1.54) is 0 Å². The van der Waals surface area contributed by atoms with E-state index < -0.39 is 35.6 Å². The van der Waals surface area contributed by atoms with Crippen LogP contribution in [0.2, 0.25) is 0 Å². The largest absolute Gasteiger partial charge is 0.458 e. The lowest BCUT2D eigenvalue weighted by Gasteiger charge is -2.34. The summed E-state index contributed by atoms with van der Waals surface area (Å²) in [6.07, 6.45) is 2.28. The highest BCUT2D eigenvalue weighted by atomic mass is 32.1. The monoisotopic (exact) mass is 493 g/mol. The number of hydrogen-bond donors (Lipinski definition) is 2. The molecule has 3 rings (SSSR count). The number of cyclic esters (lactones) is 1. The zero-order chi connectivity index (χ0) is 25.2. The first-order chi connectivity index (χ1) is 15.9. The fraction of sp³-hybridized carbons (Fsp3) is 0.731. The Kier molecular flexibility index (Phi) is 8.71. The molecule has 2 aliphatic heterocycles. The van der Waals surface area contributed by atoms with Crippen LogP contribution >= 0.6 is 11.3 Å². The van der Waals surface area contributed by atoms with E-state index in [-0.39, 0.29) is 30.3 Å². The average molecular weight is 494 g/mol. The maximum absolute atomic E-state index is 13.2. The van der Waals surface area contributed by atoms with Crippen molar-refractivity contribution in [3.05, 3.63) is 21.7 Å². The number of hydrogen-bond acceptors (Lipinski definition) is 8. The maximum atomic E-state index is 13.2. The minimum atomic E-state index is -1.22. The van der Waals surface area contributed by atoms with Crippen LogP contribution in [-0.2, 0) is 19.1 Å². The Hall–Kier alpha value is -1.61. The van der Waals surface area contributed by atoms with Gasteiger partial charge in [-0.3, -0.25) is 9.59 Å². The smallest absolute Gasteiger partial charge is 0.309 e. The lowest BCUT2D eigenvalue weighted by atomic mass is 9.73. The number of aliphatic hydroxyl groups excluding tert-OH is 2. The molecule has 2 unspecified atom stereocenters.